The zero-order chi connectivity index (χ0) is 23.6. The fourth-order valence-corrected chi connectivity index (χ4v) is 3.71. The zero-order valence-corrected chi connectivity index (χ0v) is 19.0. The predicted octanol–water partition coefficient (Wildman–Crippen LogP) is 5.25. The molecule has 6 nitrogen and oxygen atoms in total. The fourth-order valence-electron chi connectivity index (χ4n) is 3.71. The lowest BCUT2D eigenvalue weighted by molar-refractivity contribution is -0.116. The molecule has 2 aromatic carbocycles. The summed E-state index contributed by atoms with van der Waals surface area (Å²) in [5, 5.41) is 0. The lowest BCUT2D eigenvalue weighted by Gasteiger charge is -2.28. The smallest absolute Gasteiger partial charge is 0.343 e. The predicted molar refractivity (Wildman–Crippen MR) is 127 cm³/mol. The van der Waals surface area contributed by atoms with E-state index in [1.165, 1.54) is 0 Å². The molecule has 0 aromatic heterocycles. The van der Waals surface area contributed by atoms with Crippen LogP contribution in [0.5, 0.6) is 5.75 Å². The van der Waals surface area contributed by atoms with E-state index in [2.05, 4.69) is 12.1 Å². The third-order valence-electron chi connectivity index (χ3n) is 5.29. The lowest BCUT2D eigenvalue weighted by Crippen LogP contribution is -2.28. The summed E-state index contributed by atoms with van der Waals surface area (Å²) in [5.41, 5.74) is 5.01. The van der Waals surface area contributed by atoms with Crippen LogP contribution in [0, 0.1) is 0 Å². The van der Waals surface area contributed by atoms with E-state index >= 15 is 0 Å². The van der Waals surface area contributed by atoms with E-state index in [4.69, 9.17) is 14.3 Å². The molecule has 1 aliphatic rings. The van der Waals surface area contributed by atoms with Gasteiger partial charge in [-0.25, -0.2) is 4.79 Å². The number of esters is 1. The highest BCUT2D eigenvalue weighted by atomic mass is 16.6. The zero-order valence-electron chi connectivity index (χ0n) is 19.0. The lowest BCUT2D eigenvalue weighted by atomic mass is 9.81. The highest BCUT2D eigenvalue weighted by Crippen LogP contribution is 2.40. The Labute approximate surface area is 194 Å². The minimum absolute atomic E-state index is 0.106. The molecular weight excluding hydrogens is 418 g/mol. The summed E-state index contributed by atoms with van der Waals surface area (Å²) in [4.78, 5) is 31.6. The molecule has 1 atom stereocenters. The van der Waals surface area contributed by atoms with Gasteiger partial charge in [-0.2, -0.15) is 0 Å². The van der Waals surface area contributed by atoms with Crippen LogP contribution in [-0.4, -0.2) is 25.5 Å². The standard InChI is InChI=1S/C27H29NO5/c1-4-9-23(28-32-18-5-2)25-24(29)17-16-22(19-12-14-21(31-3)15-13-19)26(25)33-27(30)20-10-7-6-8-11-20/h5-15,22,28H,2,4,16-18H2,1,3H3. The van der Waals surface area contributed by atoms with E-state index < -0.39 is 5.97 Å². The molecule has 1 aliphatic carbocycles. The molecule has 1 N–H and O–H groups in total. The van der Waals surface area contributed by atoms with Crippen molar-refractivity contribution in [1.82, 2.24) is 5.48 Å². The van der Waals surface area contributed by atoms with Crippen LogP contribution in [0.15, 0.2) is 90.4 Å². The Morgan fingerprint density at radius 2 is 1.88 bits per heavy atom. The van der Waals surface area contributed by atoms with E-state index in [1.54, 1.807) is 37.5 Å². The number of ketones is 1. The summed E-state index contributed by atoms with van der Waals surface area (Å²) in [6, 6.07) is 16.3. The second-order valence-corrected chi connectivity index (χ2v) is 7.51. The summed E-state index contributed by atoms with van der Waals surface area (Å²) in [5.74, 6) is 0.144. The second-order valence-electron chi connectivity index (χ2n) is 7.51. The Balaban J connectivity index is 2.09. The molecular formula is C27H29NO5. The molecule has 6 heteroatoms. The van der Waals surface area contributed by atoms with Crippen LogP contribution in [-0.2, 0) is 14.4 Å². The first-order valence-corrected chi connectivity index (χ1v) is 11.0. The quantitative estimate of drug-likeness (QED) is 0.232. The Kier molecular flexibility index (Phi) is 8.61. The summed E-state index contributed by atoms with van der Waals surface area (Å²) < 4.78 is 11.2. The number of carbonyl (C=O) groups is 2. The average molecular weight is 448 g/mol. The number of methoxy groups -OCH3 is 1. The Morgan fingerprint density at radius 3 is 2.52 bits per heavy atom. The SMILES string of the molecule is C=CCONC(=CCC)C1=C(OC(=O)c2ccccc2)C(c2ccc(OC)cc2)CCC1=O. The van der Waals surface area contributed by atoms with Gasteiger partial charge in [-0.15, -0.1) is 6.58 Å². The van der Waals surface area contributed by atoms with Gasteiger partial charge in [-0.05, 0) is 42.7 Å². The van der Waals surface area contributed by atoms with Gasteiger partial charge in [0.1, 0.15) is 11.5 Å². The summed E-state index contributed by atoms with van der Waals surface area (Å²) in [6.07, 6.45) is 4.96. The highest BCUT2D eigenvalue weighted by molar-refractivity contribution is 6.02. The van der Waals surface area contributed by atoms with Crippen LogP contribution in [0.3, 0.4) is 0 Å². The van der Waals surface area contributed by atoms with Crippen LogP contribution in [0.4, 0.5) is 0 Å². The largest absolute Gasteiger partial charge is 0.497 e. The molecule has 0 fully saturated rings. The molecule has 0 radical (unpaired) electrons. The minimum atomic E-state index is -0.515. The van der Waals surface area contributed by atoms with E-state index in [-0.39, 0.29) is 18.3 Å². The minimum Gasteiger partial charge on any atom is -0.497 e. The molecule has 0 saturated carbocycles. The first kappa shape index (κ1) is 24.0. The number of rotatable bonds is 10. The highest BCUT2D eigenvalue weighted by Gasteiger charge is 2.35. The summed E-state index contributed by atoms with van der Waals surface area (Å²) in [6.45, 7) is 5.85. The average Bonchev–Trinajstić information content (AvgIpc) is 2.85. The van der Waals surface area contributed by atoms with Gasteiger partial charge in [-0.3, -0.25) is 15.1 Å². The van der Waals surface area contributed by atoms with Crippen molar-refractivity contribution >= 4 is 11.8 Å². The molecule has 0 saturated heterocycles. The van der Waals surface area contributed by atoms with E-state index in [9.17, 15) is 9.59 Å². The number of Topliss-reactive ketones (excluding diaryl/α,β-unsaturated/α-hetero) is 1. The number of benzene rings is 2. The number of carbonyl (C=O) groups excluding carboxylic acids is 2. The van der Waals surface area contributed by atoms with E-state index in [0.717, 1.165) is 11.3 Å². The first-order valence-electron chi connectivity index (χ1n) is 11.0. The van der Waals surface area contributed by atoms with E-state index in [0.29, 0.717) is 41.9 Å². The number of ether oxygens (including phenoxy) is 2. The number of hydrogen-bond donors (Lipinski definition) is 1. The Bertz CT molecular complexity index is 1040. The molecule has 1 unspecified atom stereocenters. The van der Waals surface area contributed by atoms with Crippen molar-refractivity contribution in [2.75, 3.05) is 13.7 Å². The molecule has 0 bridgehead atoms. The molecule has 0 spiro atoms. The monoisotopic (exact) mass is 447 g/mol. The fraction of sp³-hybridized carbons (Fsp3) is 0.259. The Hall–Kier alpha value is -3.64. The molecule has 2 aromatic rings. The van der Waals surface area contributed by atoms with Crippen molar-refractivity contribution in [3.05, 3.63) is 101 Å². The number of hydroxylamine groups is 1. The molecule has 0 amide bonds. The summed E-state index contributed by atoms with van der Waals surface area (Å²) >= 11 is 0. The second kappa shape index (κ2) is 11.8. The van der Waals surface area contributed by atoms with Gasteiger partial charge in [0.2, 0.25) is 0 Å². The Morgan fingerprint density at radius 1 is 1.15 bits per heavy atom. The maximum Gasteiger partial charge on any atom is 0.343 e. The van der Waals surface area contributed by atoms with Gasteiger partial charge in [0.15, 0.2) is 5.78 Å². The first-order chi connectivity index (χ1) is 16.1. The molecule has 172 valence electrons. The maximum atomic E-state index is 13.1. The van der Waals surface area contributed by atoms with Gasteiger partial charge in [-0.1, -0.05) is 49.4 Å². The third-order valence-corrected chi connectivity index (χ3v) is 5.29. The van der Waals surface area contributed by atoms with Crippen molar-refractivity contribution in [3.8, 4) is 5.75 Å². The van der Waals surface area contributed by atoms with Crippen molar-refractivity contribution in [2.24, 2.45) is 0 Å². The third kappa shape index (κ3) is 5.99. The number of nitrogens with one attached hydrogen (secondary N) is 1. The normalized spacial score (nSPS) is 16.4. The van der Waals surface area contributed by atoms with Crippen molar-refractivity contribution in [3.63, 3.8) is 0 Å². The summed E-state index contributed by atoms with van der Waals surface area (Å²) in [7, 11) is 1.61. The molecule has 3 rings (SSSR count). The van der Waals surface area contributed by atoms with Crippen LogP contribution in [0.1, 0.15) is 48.0 Å². The molecule has 0 heterocycles. The molecule has 0 aliphatic heterocycles. The topological polar surface area (TPSA) is 73.9 Å². The van der Waals surface area contributed by atoms with Crippen LogP contribution < -0.4 is 10.2 Å². The van der Waals surface area contributed by atoms with Gasteiger partial charge in [0, 0.05) is 12.3 Å². The number of hydrogen-bond acceptors (Lipinski definition) is 6. The van der Waals surface area contributed by atoms with Crippen LogP contribution in [0.25, 0.3) is 0 Å². The van der Waals surface area contributed by atoms with Crippen LogP contribution >= 0.6 is 0 Å². The number of allylic oxidation sites excluding steroid dienone is 3. The van der Waals surface area contributed by atoms with Gasteiger partial charge < -0.3 is 9.47 Å². The van der Waals surface area contributed by atoms with Crippen molar-refractivity contribution in [2.45, 2.75) is 32.1 Å². The van der Waals surface area contributed by atoms with Gasteiger partial charge >= 0.3 is 5.97 Å². The maximum absolute atomic E-state index is 13.1. The van der Waals surface area contributed by atoms with Crippen LogP contribution in [0.2, 0.25) is 0 Å². The van der Waals surface area contributed by atoms with E-state index in [1.807, 2.05) is 43.3 Å². The molecule has 33 heavy (non-hydrogen) atoms. The van der Waals surface area contributed by atoms with Gasteiger partial charge in [0.05, 0.1) is 30.6 Å². The van der Waals surface area contributed by atoms with Crippen molar-refractivity contribution in [1.29, 1.82) is 0 Å². The van der Waals surface area contributed by atoms with Gasteiger partial charge in [0.25, 0.3) is 0 Å². The van der Waals surface area contributed by atoms with Crippen molar-refractivity contribution < 1.29 is 23.9 Å².